The average molecular weight is 231 g/mol. The number of rotatable bonds is 4. The molecule has 3 nitrogen and oxygen atoms in total. The van der Waals surface area contributed by atoms with Crippen LogP contribution in [0.25, 0.3) is 0 Å². The standard InChI is InChI=1S/C11H15ClO3/c1-7(13)4-8-5-9(12)6-10(14-2)11(8)15-3/h5-7,13H,4H2,1-3H3/t7-/m0/s1. The minimum atomic E-state index is -0.443. The summed E-state index contributed by atoms with van der Waals surface area (Å²) >= 11 is 5.92. The zero-order chi connectivity index (χ0) is 11.4. The van der Waals surface area contributed by atoms with Crippen LogP contribution >= 0.6 is 11.6 Å². The summed E-state index contributed by atoms with van der Waals surface area (Å²) in [5.74, 6) is 1.21. The van der Waals surface area contributed by atoms with Gasteiger partial charge >= 0.3 is 0 Å². The molecule has 0 radical (unpaired) electrons. The second kappa shape index (κ2) is 5.24. The fourth-order valence-electron chi connectivity index (χ4n) is 1.48. The Morgan fingerprint density at radius 1 is 1.33 bits per heavy atom. The zero-order valence-corrected chi connectivity index (χ0v) is 9.84. The van der Waals surface area contributed by atoms with Crippen LogP contribution in [0.1, 0.15) is 12.5 Å². The molecular weight excluding hydrogens is 216 g/mol. The van der Waals surface area contributed by atoms with Crippen LogP contribution in [0.3, 0.4) is 0 Å². The normalized spacial score (nSPS) is 12.3. The lowest BCUT2D eigenvalue weighted by Crippen LogP contribution is -2.06. The lowest BCUT2D eigenvalue weighted by atomic mass is 10.1. The zero-order valence-electron chi connectivity index (χ0n) is 9.08. The first kappa shape index (κ1) is 12.1. The van der Waals surface area contributed by atoms with Crippen molar-refractivity contribution < 1.29 is 14.6 Å². The molecule has 1 aromatic rings. The summed E-state index contributed by atoms with van der Waals surface area (Å²) in [6.07, 6.45) is 0.0437. The number of hydrogen-bond donors (Lipinski definition) is 1. The van der Waals surface area contributed by atoms with Gasteiger partial charge in [-0.25, -0.2) is 0 Å². The Hall–Kier alpha value is -0.930. The number of halogens is 1. The summed E-state index contributed by atoms with van der Waals surface area (Å²) in [5, 5.41) is 9.91. The molecule has 1 N–H and O–H groups in total. The predicted molar refractivity (Wildman–Crippen MR) is 59.9 cm³/mol. The molecule has 0 unspecified atom stereocenters. The van der Waals surface area contributed by atoms with Gasteiger partial charge in [0.1, 0.15) is 0 Å². The number of aliphatic hydroxyl groups is 1. The molecule has 4 heteroatoms. The lowest BCUT2D eigenvalue weighted by molar-refractivity contribution is 0.194. The Balaban J connectivity index is 3.16. The number of aliphatic hydroxyl groups excluding tert-OH is 1. The molecule has 0 bridgehead atoms. The predicted octanol–water partition coefficient (Wildman–Crippen LogP) is 2.28. The Morgan fingerprint density at radius 2 is 2.00 bits per heavy atom. The molecule has 0 aliphatic carbocycles. The van der Waals surface area contributed by atoms with Crippen molar-refractivity contribution in [2.45, 2.75) is 19.4 Å². The van der Waals surface area contributed by atoms with Crippen LogP contribution in [-0.2, 0) is 6.42 Å². The van der Waals surface area contributed by atoms with Crippen molar-refractivity contribution in [3.8, 4) is 11.5 Å². The van der Waals surface area contributed by atoms with Gasteiger partial charge in [-0.05, 0) is 13.0 Å². The molecule has 0 amide bonds. The third-order valence-corrected chi connectivity index (χ3v) is 2.25. The summed E-state index contributed by atoms with van der Waals surface area (Å²) in [5.41, 5.74) is 0.844. The van der Waals surface area contributed by atoms with Gasteiger partial charge in [-0.3, -0.25) is 0 Å². The van der Waals surface area contributed by atoms with Gasteiger partial charge in [0.15, 0.2) is 11.5 Å². The summed E-state index contributed by atoms with van der Waals surface area (Å²) in [4.78, 5) is 0. The number of benzene rings is 1. The first-order valence-electron chi connectivity index (χ1n) is 4.67. The van der Waals surface area contributed by atoms with Gasteiger partial charge in [-0.15, -0.1) is 0 Å². The summed E-state index contributed by atoms with van der Waals surface area (Å²) in [6, 6.07) is 3.46. The van der Waals surface area contributed by atoms with Crippen molar-refractivity contribution >= 4 is 11.6 Å². The fraction of sp³-hybridized carbons (Fsp3) is 0.455. The molecule has 0 saturated heterocycles. The molecule has 0 aliphatic heterocycles. The summed E-state index contributed by atoms with van der Waals surface area (Å²) in [7, 11) is 3.12. The molecule has 0 heterocycles. The highest BCUT2D eigenvalue weighted by Gasteiger charge is 2.13. The van der Waals surface area contributed by atoms with Gasteiger partial charge < -0.3 is 14.6 Å². The maximum absolute atomic E-state index is 9.34. The molecular formula is C11H15ClO3. The topological polar surface area (TPSA) is 38.7 Å². The molecule has 0 fully saturated rings. The Bertz CT molecular complexity index is 337. The van der Waals surface area contributed by atoms with Crippen molar-refractivity contribution in [1.29, 1.82) is 0 Å². The van der Waals surface area contributed by atoms with Gasteiger partial charge in [0.25, 0.3) is 0 Å². The SMILES string of the molecule is COc1cc(Cl)cc(C[C@H](C)O)c1OC. The first-order valence-corrected chi connectivity index (χ1v) is 5.04. The van der Waals surface area contributed by atoms with Crippen molar-refractivity contribution in [2.24, 2.45) is 0 Å². The van der Waals surface area contributed by atoms with Gasteiger partial charge in [0.05, 0.1) is 20.3 Å². The van der Waals surface area contributed by atoms with E-state index in [1.807, 2.05) is 0 Å². The molecule has 1 aromatic carbocycles. The highest BCUT2D eigenvalue weighted by Crippen LogP contribution is 2.35. The van der Waals surface area contributed by atoms with Gasteiger partial charge in [0.2, 0.25) is 0 Å². The number of hydrogen-bond acceptors (Lipinski definition) is 3. The van der Waals surface area contributed by atoms with E-state index in [9.17, 15) is 5.11 Å². The second-order valence-corrected chi connectivity index (χ2v) is 3.79. The fourth-order valence-corrected chi connectivity index (χ4v) is 1.71. The highest BCUT2D eigenvalue weighted by atomic mass is 35.5. The molecule has 0 aliphatic rings. The van der Waals surface area contributed by atoms with E-state index >= 15 is 0 Å². The number of ether oxygens (including phenoxy) is 2. The van der Waals surface area contributed by atoms with Crippen LogP contribution in [-0.4, -0.2) is 25.4 Å². The summed E-state index contributed by atoms with van der Waals surface area (Å²) in [6.45, 7) is 1.72. The van der Waals surface area contributed by atoms with E-state index in [-0.39, 0.29) is 0 Å². The third-order valence-electron chi connectivity index (χ3n) is 2.04. The van der Waals surface area contributed by atoms with E-state index < -0.39 is 6.10 Å². The first-order chi connectivity index (χ1) is 7.08. The van der Waals surface area contributed by atoms with Crippen molar-refractivity contribution in [3.05, 3.63) is 22.7 Å². The van der Waals surface area contributed by atoms with Crippen LogP contribution in [0.15, 0.2) is 12.1 Å². The highest BCUT2D eigenvalue weighted by molar-refractivity contribution is 6.30. The average Bonchev–Trinajstić information content (AvgIpc) is 2.15. The van der Waals surface area contributed by atoms with Crippen LogP contribution in [0.2, 0.25) is 5.02 Å². The van der Waals surface area contributed by atoms with Crippen molar-refractivity contribution in [3.63, 3.8) is 0 Å². The molecule has 1 rings (SSSR count). The minimum Gasteiger partial charge on any atom is -0.493 e. The quantitative estimate of drug-likeness (QED) is 0.863. The lowest BCUT2D eigenvalue weighted by Gasteiger charge is -2.14. The molecule has 0 spiro atoms. The largest absolute Gasteiger partial charge is 0.493 e. The third kappa shape index (κ3) is 3.01. The summed E-state index contributed by atoms with van der Waals surface area (Å²) < 4.78 is 10.4. The molecule has 15 heavy (non-hydrogen) atoms. The second-order valence-electron chi connectivity index (χ2n) is 3.35. The van der Waals surface area contributed by atoms with E-state index in [1.165, 1.54) is 0 Å². The molecule has 1 atom stereocenters. The number of methoxy groups -OCH3 is 2. The van der Waals surface area contributed by atoms with E-state index in [2.05, 4.69) is 0 Å². The molecule has 0 aromatic heterocycles. The van der Waals surface area contributed by atoms with Gasteiger partial charge in [-0.1, -0.05) is 11.6 Å². The van der Waals surface area contributed by atoms with E-state index in [0.717, 1.165) is 5.56 Å². The van der Waals surface area contributed by atoms with E-state index in [1.54, 1.807) is 33.3 Å². The van der Waals surface area contributed by atoms with E-state index in [4.69, 9.17) is 21.1 Å². The van der Waals surface area contributed by atoms with Crippen LogP contribution in [0, 0.1) is 0 Å². The van der Waals surface area contributed by atoms with Crippen LogP contribution in [0.5, 0.6) is 11.5 Å². The van der Waals surface area contributed by atoms with Crippen molar-refractivity contribution in [1.82, 2.24) is 0 Å². The minimum absolute atomic E-state index is 0.443. The maximum atomic E-state index is 9.34. The Kier molecular flexibility index (Phi) is 4.24. The van der Waals surface area contributed by atoms with Crippen LogP contribution in [0.4, 0.5) is 0 Å². The maximum Gasteiger partial charge on any atom is 0.164 e. The molecule has 0 saturated carbocycles. The van der Waals surface area contributed by atoms with E-state index in [0.29, 0.717) is 22.9 Å². The Morgan fingerprint density at radius 3 is 2.47 bits per heavy atom. The van der Waals surface area contributed by atoms with Crippen LogP contribution < -0.4 is 9.47 Å². The van der Waals surface area contributed by atoms with Gasteiger partial charge in [0, 0.05) is 23.1 Å². The van der Waals surface area contributed by atoms with Crippen molar-refractivity contribution in [2.75, 3.05) is 14.2 Å². The Labute approximate surface area is 94.6 Å². The monoisotopic (exact) mass is 230 g/mol. The van der Waals surface area contributed by atoms with Gasteiger partial charge in [-0.2, -0.15) is 0 Å². The molecule has 84 valence electrons. The smallest absolute Gasteiger partial charge is 0.164 e.